The van der Waals surface area contributed by atoms with E-state index in [0.29, 0.717) is 5.69 Å². The molecule has 0 radical (unpaired) electrons. The number of nitriles is 1. The van der Waals surface area contributed by atoms with Gasteiger partial charge >= 0.3 is 5.97 Å². The number of aryl methyl sites for hydroxylation is 2. The van der Waals surface area contributed by atoms with E-state index < -0.39 is 18.5 Å². The van der Waals surface area contributed by atoms with Gasteiger partial charge in [-0.3, -0.25) is 4.79 Å². The normalized spacial score (nSPS) is 10.1. The highest BCUT2D eigenvalue weighted by Crippen LogP contribution is 2.27. The molecule has 8 heteroatoms. The summed E-state index contributed by atoms with van der Waals surface area (Å²) in [5, 5.41) is 23.4. The monoisotopic (exact) mass is 390 g/mol. The average molecular weight is 391 g/mol. The number of thioether (sulfide) groups is 1. The number of phenols is 1. The number of carbonyl (C=O) groups excluding carboxylic acids is 2. The molecule has 6 nitrogen and oxygen atoms in total. The Balaban J connectivity index is 2.01. The Morgan fingerprint density at radius 3 is 2.50 bits per heavy atom. The first-order chi connectivity index (χ1) is 12.3. The van der Waals surface area contributed by atoms with E-state index in [0.717, 1.165) is 27.8 Å². The van der Waals surface area contributed by atoms with Gasteiger partial charge in [-0.25, -0.2) is 4.79 Å². The lowest BCUT2D eigenvalue weighted by atomic mass is 10.1. The molecule has 0 aliphatic carbocycles. The average Bonchev–Trinajstić information content (AvgIpc) is 2.56. The zero-order valence-electron chi connectivity index (χ0n) is 14.0. The minimum atomic E-state index is -0.830. The largest absolute Gasteiger partial charge is 0.507 e. The van der Waals surface area contributed by atoms with E-state index in [2.05, 4.69) is 5.32 Å². The molecule has 134 valence electrons. The van der Waals surface area contributed by atoms with E-state index in [1.807, 2.05) is 19.2 Å². The van der Waals surface area contributed by atoms with Crippen LogP contribution in [0, 0.1) is 24.5 Å². The molecule has 2 aromatic carbocycles. The van der Waals surface area contributed by atoms with Crippen molar-refractivity contribution in [1.82, 2.24) is 0 Å². The fourth-order valence-electron chi connectivity index (χ4n) is 2.29. The molecule has 0 heterocycles. The number of benzene rings is 2. The molecule has 26 heavy (non-hydrogen) atoms. The van der Waals surface area contributed by atoms with Gasteiger partial charge in [0, 0.05) is 15.6 Å². The van der Waals surface area contributed by atoms with Crippen molar-refractivity contribution in [3.8, 4) is 11.2 Å². The number of esters is 1. The summed E-state index contributed by atoms with van der Waals surface area (Å²) >= 11 is 6.74. The molecule has 2 N–H and O–H groups in total. The van der Waals surface area contributed by atoms with E-state index in [-0.39, 0.29) is 16.3 Å². The van der Waals surface area contributed by atoms with Crippen molar-refractivity contribution in [2.45, 2.75) is 18.7 Å². The summed E-state index contributed by atoms with van der Waals surface area (Å²) in [5.41, 5.74) is 2.10. The number of hydrogen-bond donors (Lipinski definition) is 2. The standard InChI is InChI=1S/C18H15ClN2O4S/c1-10-5-13(26-9-20)6-11(2)17(10)21-16(23)8-25-18(24)14-4-3-12(19)7-15(14)22/h3-7,22H,8H2,1-2H3,(H,21,23). The molecule has 0 aliphatic heterocycles. The predicted molar refractivity (Wildman–Crippen MR) is 99.4 cm³/mol. The second-order valence-corrected chi connectivity index (χ2v) is 6.71. The van der Waals surface area contributed by atoms with Crippen molar-refractivity contribution in [2.75, 3.05) is 11.9 Å². The van der Waals surface area contributed by atoms with Crippen LogP contribution in [0.4, 0.5) is 5.69 Å². The highest BCUT2D eigenvalue weighted by atomic mass is 35.5. The second kappa shape index (κ2) is 8.61. The number of phenolic OH excluding ortho intramolecular Hbond substituents is 1. The van der Waals surface area contributed by atoms with Gasteiger partial charge in [0.25, 0.3) is 5.91 Å². The maximum atomic E-state index is 12.1. The Morgan fingerprint density at radius 1 is 1.27 bits per heavy atom. The van der Waals surface area contributed by atoms with Crippen LogP contribution >= 0.6 is 23.4 Å². The van der Waals surface area contributed by atoms with Gasteiger partial charge < -0.3 is 15.2 Å². The number of aromatic hydroxyl groups is 1. The molecular formula is C18H15ClN2O4S. The third-order valence-corrected chi connectivity index (χ3v) is 4.25. The summed E-state index contributed by atoms with van der Waals surface area (Å²) < 4.78 is 4.92. The van der Waals surface area contributed by atoms with Gasteiger partial charge in [0.2, 0.25) is 0 Å². The summed E-state index contributed by atoms with van der Waals surface area (Å²) in [6.07, 6.45) is 0. The second-order valence-electron chi connectivity index (χ2n) is 5.41. The smallest absolute Gasteiger partial charge is 0.342 e. The number of rotatable bonds is 5. The quantitative estimate of drug-likeness (QED) is 0.454. The van der Waals surface area contributed by atoms with E-state index in [9.17, 15) is 14.7 Å². The summed E-state index contributed by atoms with van der Waals surface area (Å²) in [4.78, 5) is 24.8. The fraction of sp³-hybridized carbons (Fsp3) is 0.167. The molecule has 0 saturated heterocycles. The van der Waals surface area contributed by atoms with Crippen molar-refractivity contribution < 1.29 is 19.4 Å². The van der Waals surface area contributed by atoms with Crippen LogP contribution in [0.25, 0.3) is 0 Å². The summed E-state index contributed by atoms with van der Waals surface area (Å²) in [6.45, 7) is 3.11. The number of nitrogens with one attached hydrogen (secondary N) is 1. The highest BCUT2D eigenvalue weighted by molar-refractivity contribution is 8.03. The Kier molecular flexibility index (Phi) is 6.50. The van der Waals surface area contributed by atoms with Crippen molar-refractivity contribution in [3.05, 3.63) is 52.0 Å². The summed E-state index contributed by atoms with van der Waals surface area (Å²) in [7, 11) is 0. The van der Waals surface area contributed by atoms with Crippen LogP contribution in [-0.4, -0.2) is 23.6 Å². The lowest BCUT2D eigenvalue weighted by molar-refractivity contribution is -0.119. The molecule has 0 saturated carbocycles. The number of thiocyanates is 1. The van der Waals surface area contributed by atoms with Crippen molar-refractivity contribution in [3.63, 3.8) is 0 Å². The Morgan fingerprint density at radius 2 is 1.92 bits per heavy atom. The molecule has 0 atom stereocenters. The number of nitrogens with zero attached hydrogens (tertiary/aromatic N) is 1. The SMILES string of the molecule is Cc1cc(SC#N)cc(C)c1NC(=O)COC(=O)c1ccc(Cl)cc1O. The van der Waals surface area contributed by atoms with E-state index >= 15 is 0 Å². The Bertz CT molecular complexity index is 886. The third-order valence-electron chi connectivity index (χ3n) is 3.45. The van der Waals surface area contributed by atoms with E-state index in [1.54, 1.807) is 12.1 Å². The molecule has 1 amide bonds. The van der Waals surface area contributed by atoms with Gasteiger partial charge in [0.05, 0.1) is 0 Å². The highest BCUT2D eigenvalue weighted by Gasteiger charge is 2.16. The van der Waals surface area contributed by atoms with Crippen LogP contribution in [-0.2, 0) is 9.53 Å². The van der Waals surface area contributed by atoms with Gasteiger partial charge in [0.15, 0.2) is 6.61 Å². The number of carbonyl (C=O) groups is 2. The van der Waals surface area contributed by atoms with Crippen molar-refractivity contribution in [1.29, 1.82) is 5.26 Å². The first-order valence-corrected chi connectivity index (χ1v) is 8.64. The van der Waals surface area contributed by atoms with Gasteiger partial charge in [-0.1, -0.05) is 11.6 Å². The van der Waals surface area contributed by atoms with Crippen molar-refractivity contribution >= 4 is 40.9 Å². The fourth-order valence-corrected chi connectivity index (χ4v) is 3.04. The van der Waals surface area contributed by atoms with Crippen LogP contribution in [0.2, 0.25) is 5.02 Å². The molecule has 0 spiro atoms. The van der Waals surface area contributed by atoms with Gasteiger partial charge in [-0.05, 0) is 67.1 Å². The first kappa shape index (κ1) is 19.6. The molecular weight excluding hydrogens is 376 g/mol. The minimum Gasteiger partial charge on any atom is -0.507 e. The van der Waals surface area contributed by atoms with Gasteiger partial charge in [-0.2, -0.15) is 5.26 Å². The molecule has 2 rings (SSSR count). The lowest BCUT2D eigenvalue weighted by Gasteiger charge is -2.13. The summed E-state index contributed by atoms with van der Waals surface area (Å²) in [6, 6.07) is 7.54. The molecule has 0 bridgehead atoms. The number of halogens is 1. The molecule has 0 fully saturated rings. The zero-order chi connectivity index (χ0) is 19.3. The minimum absolute atomic E-state index is 0.0764. The first-order valence-electron chi connectivity index (χ1n) is 7.44. The third kappa shape index (κ3) is 4.91. The maximum Gasteiger partial charge on any atom is 0.342 e. The number of hydrogen-bond acceptors (Lipinski definition) is 6. The van der Waals surface area contributed by atoms with Crippen LogP contribution in [0.5, 0.6) is 5.75 Å². The topological polar surface area (TPSA) is 99.4 Å². The maximum absolute atomic E-state index is 12.1. The molecule has 0 unspecified atom stereocenters. The molecule has 2 aromatic rings. The number of amides is 1. The lowest BCUT2D eigenvalue weighted by Crippen LogP contribution is -2.22. The van der Waals surface area contributed by atoms with Gasteiger partial charge in [0.1, 0.15) is 16.7 Å². The van der Waals surface area contributed by atoms with Crippen LogP contribution < -0.4 is 5.32 Å². The Labute approximate surface area is 159 Å². The van der Waals surface area contributed by atoms with Crippen molar-refractivity contribution in [2.24, 2.45) is 0 Å². The van der Waals surface area contributed by atoms with E-state index in [1.165, 1.54) is 18.2 Å². The number of anilines is 1. The molecule has 0 aromatic heterocycles. The number of ether oxygens (including phenoxy) is 1. The van der Waals surface area contributed by atoms with Gasteiger partial charge in [-0.15, -0.1) is 0 Å². The zero-order valence-corrected chi connectivity index (χ0v) is 15.6. The van der Waals surface area contributed by atoms with Crippen LogP contribution in [0.1, 0.15) is 21.5 Å². The van der Waals surface area contributed by atoms with Crippen LogP contribution in [0.3, 0.4) is 0 Å². The Hall–Kier alpha value is -2.69. The summed E-state index contributed by atoms with van der Waals surface area (Å²) in [5.74, 6) is -1.66. The molecule has 0 aliphatic rings. The predicted octanol–water partition coefficient (Wildman–Crippen LogP) is 4.03. The van der Waals surface area contributed by atoms with E-state index in [4.69, 9.17) is 21.6 Å². The van der Waals surface area contributed by atoms with Crippen LogP contribution in [0.15, 0.2) is 35.2 Å².